The molecule has 4 unspecified atom stereocenters. The molecule has 0 radical (unpaired) electrons. The molecule has 1 aliphatic heterocycles. The van der Waals surface area contributed by atoms with Crippen molar-refractivity contribution in [1.82, 2.24) is 4.98 Å². The summed E-state index contributed by atoms with van der Waals surface area (Å²) in [5, 5.41) is 9.54. The Labute approximate surface area is 243 Å². The molecule has 1 aromatic heterocycles. The minimum Gasteiger partial charge on any atom is -0.392 e. The SMILES string of the molecule is CC1C(CSc2nc3ccccc3s2)OC(c2cccc(-c3cccc(CN)c3)c2)OC1c1ccc(CO)cc1. The van der Waals surface area contributed by atoms with Gasteiger partial charge in [-0.05, 0) is 52.1 Å². The van der Waals surface area contributed by atoms with Gasteiger partial charge < -0.3 is 20.3 Å². The van der Waals surface area contributed by atoms with Gasteiger partial charge in [-0.25, -0.2) is 4.98 Å². The van der Waals surface area contributed by atoms with Crippen LogP contribution in [-0.2, 0) is 22.6 Å². The second-order valence-electron chi connectivity index (χ2n) is 10.1. The fourth-order valence-electron chi connectivity index (χ4n) is 5.12. The fourth-order valence-corrected chi connectivity index (χ4v) is 7.38. The molecule has 6 rings (SSSR count). The summed E-state index contributed by atoms with van der Waals surface area (Å²) in [6, 6.07) is 33.0. The Balaban J connectivity index is 1.29. The Morgan fingerprint density at radius 2 is 1.62 bits per heavy atom. The predicted octanol–water partition coefficient (Wildman–Crippen LogP) is 7.50. The zero-order chi connectivity index (χ0) is 27.5. The molecule has 5 aromatic rings. The van der Waals surface area contributed by atoms with Crippen molar-refractivity contribution in [2.75, 3.05) is 5.75 Å². The Morgan fingerprint density at radius 1 is 0.850 bits per heavy atom. The van der Waals surface area contributed by atoms with Gasteiger partial charge in [-0.1, -0.05) is 91.5 Å². The molecular weight excluding hydrogens is 537 g/mol. The number of aliphatic hydroxyl groups is 1. The number of nitrogens with zero attached hydrogens (tertiary/aromatic N) is 1. The van der Waals surface area contributed by atoms with Crippen LogP contribution in [0.1, 0.15) is 41.6 Å². The molecule has 4 atom stereocenters. The molecule has 1 fully saturated rings. The highest BCUT2D eigenvalue weighted by molar-refractivity contribution is 8.01. The number of aliphatic hydroxyl groups excluding tert-OH is 1. The molecule has 2 heterocycles. The molecule has 1 aliphatic rings. The van der Waals surface area contributed by atoms with Gasteiger partial charge in [0.15, 0.2) is 10.6 Å². The first kappa shape index (κ1) is 27.1. The van der Waals surface area contributed by atoms with E-state index in [-0.39, 0.29) is 24.7 Å². The van der Waals surface area contributed by atoms with Gasteiger partial charge in [-0.3, -0.25) is 0 Å². The molecule has 5 nitrogen and oxygen atoms in total. The van der Waals surface area contributed by atoms with E-state index in [2.05, 4.69) is 73.7 Å². The van der Waals surface area contributed by atoms with Crippen LogP contribution in [0.4, 0.5) is 0 Å². The van der Waals surface area contributed by atoms with Crippen molar-refractivity contribution in [3.63, 3.8) is 0 Å². The third-order valence-electron chi connectivity index (χ3n) is 7.42. The molecule has 3 N–H and O–H groups in total. The van der Waals surface area contributed by atoms with E-state index < -0.39 is 6.29 Å². The maximum atomic E-state index is 9.54. The van der Waals surface area contributed by atoms with Crippen LogP contribution in [0.3, 0.4) is 0 Å². The normalized spacial score (nSPS) is 21.1. The van der Waals surface area contributed by atoms with Gasteiger partial charge in [0.1, 0.15) is 0 Å². The molecular formula is C33H32N2O3S2. The van der Waals surface area contributed by atoms with Gasteiger partial charge in [0.05, 0.1) is 29.0 Å². The fraction of sp³-hybridized carbons (Fsp3) is 0.242. The molecule has 0 amide bonds. The number of para-hydroxylation sites is 1. The predicted molar refractivity (Wildman–Crippen MR) is 163 cm³/mol. The summed E-state index contributed by atoms with van der Waals surface area (Å²) in [5.74, 6) is 0.882. The van der Waals surface area contributed by atoms with Crippen LogP contribution >= 0.6 is 23.1 Å². The maximum Gasteiger partial charge on any atom is 0.184 e. The average molecular weight is 569 g/mol. The van der Waals surface area contributed by atoms with Gasteiger partial charge in [0.2, 0.25) is 0 Å². The van der Waals surface area contributed by atoms with Gasteiger partial charge in [-0.15, -0.1) is 11.3 Å². The van der Waals surface area contributed by atoms with E-state index in [0.29, 0.717) is 6.54 Å². The monoisotopic (exact) mass is 568 g/mol. The average Bonchev–Trinajstić information content (AvgIpc) is 3.44. The third-order valence-corrected chi connectivity index (χ3v) is 9.69. The smallest absolute Gasteiger partial charge is 0.184 e. The van der Waals surface area contributed by atoms with Crippen LogP contribution in [0.15, 0.2) is 101 Å². The van der Waals surface area contributed by atoms with Gasteiger partial charge >= 0.3 is 0 Å². The third kappa shape index (κ3) is 5.86. The standard InChI is InChI=1S/C33H32N2O3S2/c1-21-29(20-39-33-35-28-10-2-3-11-30(28)40-33)37-32(38-31(21)24-14-12-22(19-36)13-15-24)27-9-5-8-26(17-27)25-7-4-6-23(16-25)18-34/h2-17,21,29,31-32,36H,18-20,34H2,1H3. The number of rotatable bonds is 8. The quantitative estimate of drug-likeness (QED) is 0.189. The lowest BCUT2D eigenvalue weighted by atomic mass is 9.91. The number of thiazole rings is 1. The van der Waals surface area contributed by atoms with Crippen LogP contribution < -0.4 is 5.73 Å². The molecule has 0 saturated carbocycles. The van der Waals surface area contributed by atoms with Crippen LogP contribution in [0.5, 0.6) is 0 Å². The Bertz CT molecular complexity index is 1550. The van der Waals surface area contributed by atoms with Crippen molar-refractivity contribution >= 4 is 33.3 Å². The highest BCUT2D eigenvalue weighted by atomic mass is 32.2. The first-order valence-electron chi connectivity index (χ1n) is 13.5. The van der Waals surface area contributed by atoms with Gasteiger partial charge in [0, 0.05) is 23.8 Å². The van der Waals surface area contributed by atoms with Crippen molar-refractivity contribution < 1.29 is 14.6 Å². The second-order valence-corrected chi connectivity index (χ2v) is 12.4. The molecule has 40 heavy (non-hydrogen) atoms. The Hall–Kier alpha value is -3.04. The number of hydrogen-bond donors (Lipinski definition) is 2. The molecule has 4 aromatic carbocycles. The summed E-state index contributed by atoms with van der Waals surface area (Å²) >= 11 is 3.46. The lowest BCUT2D eigenvalue weighted by molar-refractivity contribution is -0.268. The first-order chi connectivity index (χ1) is 19.6. The zero-order valence-corrected chi connectivity index (χ0v) is 23.9. The van der Waals surface area contributed by atoms with Crippen molar-refractivity contribution in [3.8, 4) is 11.1 Å². The van der Waals surface area contributed by atoms with E-state index in [1.54, 1.807) is 23.1 Å². The topological polar surface area (TPSA) is 77.6 Å². The number of fused-ring (bicyclic) bond motifs is 1. The summed E-state index contributed by atoms with van der Waals surface area (Å²) in [6.07, 6.45) is -0.725. The molecule has 7 heteroatoms. The van der Waals surface area contributed by atoms with Crippen LogP contribution in [-0.4, -0.2) is 21.9 Å². The van der Waals surface area contributed by atoms with E-state index in [4.69, 9.17) is 20.2 Å². The minimum absolute atomic E-state index is 0.0205. The molecule has 0 aliphatic carbocycles. The van der Waals surface area contributed by atoms with E-state index >= 15 is 0 Å². The van der Waals surface area contributed by atoms with Gasteiger partial charge in [-0.2, -0.15) is 0 Å². The zero-order valence-electron chi connectivity index (χ0n) is 22.3. The summed E-state index contributed by atoms with van der Waals surface area (Å²) in [7, 11) is 0. The highest BCUT2D eigenvalue weighted by Gasteiger charge is 2.38. The molecule has 1 saturated heterocycles. The van der Waals surface area contributed by atoms with E-state index in [1.807, 2.05) is 30.3 Å². The lowest BCUT2D eigenvalue weighted by Gasteiger charge is -2.41. The molecule has 0 spiro atoms. The number of ether oxygens (including phenoxy) is 2. The number of hydrogen-bond acceptors (Lipinski definition) is 7. The highest BCUT2D eigenvalue weighted by Crippen LogP contribution is 2.44. The van der Waals surface area contributed by atoms with E-state index in [1.165, 1.54) is 4.70 Å². The molecule has 204 valence electrons. The largest absolute Gasteiger partial charge is 0.392 e. The second kappa shape index (κ2) is 12.2. The first-order valence-corrected chi connectivity index (χ1v) is 15.3. The van der Waals surface area contributed by atoms with E-state index in [0.717, 1.165) is 49.0 Å². The van der Waals surface area contributed by atoms with Crippen LogP contribution in [0.25, 0.3) is 21.3 Å². The maximum absolute atomic E-state index is 9.54. The number of nitrogens with two attached hydrogens (primary N) is 1. The van der Waals surface area contributed by atoms with Crippen molar-refractivity contribution in [3.05, 3.63) is 119 Å². The van der Waals surface area contributed by atoms with Crippen LogP contribution in [0, 0.1) is 5.92 Å². The summed E-state index contributed by atoms with van der Waals surface area (Å²) < 4.78 is 15.6. The molecule has 0 bridgehead atoms. The van der Waals surface area contributed by atoms with Crippen LogP contribution in [0.2, 0.25) is 0 Å². The van der Waals surface area contributed by atoms with E-state index in [9.17, 15) is 5.11 Å². The van der Waals surface area contributed by atoms with Crippen molar-refractivity contribution in [2.45, 2.75) is 42.9 Å². The number of benzene rings is 4. The summed E-state index contributed by atoms with van der Waals surface area (Å²) in [6.45, 7) is 2.72. The van der Waals surface area contributed by atoms with Crippen molar-refractivity contribution in [1.29, 1.82) is 0 Å². The Kier molecular flexibility index (Phi) is 8.30. The number of thioether (sulfide) groups is 1. The lowest BCUT2D eigenvalue weighted by Crippen LogP contribution is -2.38. The minimum atomic E-state index is -0.516. The number of aromatic nitrogens is 1. The van der Waals surface area contributed by atoms with Gasteiger partial charge in [0.25, 0.3) is 0 Å². The summed E-state index contributed by atoms with van der Waals surface area (Å²) in [4.78, 5) is 4.82. The van der Waals surface area contributed by atoms with Crippen molar-refractivity contribution in [2.24, 2.45) is 11.7 Å². The Morgan fingerprint density at radius 3 is 2.40 bits per heavy atom. The summed E-state index contributed by atoms with van der Waals surface area (Å²) in [5.41, 5.74) is 13.2.